The van der Waals surface area contributed by atoms with Crippen LogP contribution in [0.15, 0.2) is 29.1 Å². The summed E-state index contributed by atoms with van der Waals surface area (Å²) in [6.45, 7) is 3.60. The van der Waals surface area contributed by atoms with Crippen molar-refractivity contribution in [1.82, 2.24) is 4.57 Å². The van der Waals surface area contributed by atoms with Gasteiger partial charge in [-0.2, -0.15) is 0 Å². The van der Waals surface area contributed by atoms with Gasteiger partial charge in [0.15, 0.2) is 0 Å². The molecule has 0 unspecified atom stereocenters. The fourth-order valence-corrected chi connectivity index (χ4v) is 2.32. The molecule has 0 aliphatic heterocycles. The van der Waals surface area contributed by atoms with E-state index >= 15 is 0 Å². The van der Waals surface area contributed by atoms with E-state index in [0.717, 1.165) is 12.1 Å². The van der Waals surface area contributed by atoms with Crippen LogP contribution in [0.3, 0.4) is 0 Å². The number of hydrogen-bond acceptors (Lipinski definition) is 2. The van der Waals surface area contributed by atoms with E-state index in [0.29, 0.717) is 0 Å². The van der Waals surface area contributed by atoms with Gasteiger partial charge in [0.1, 0.15) is 29.0 Å². The molecule has 1 heterocycles. The lowest BCUT2D eigenvalue weighted by Gasteiger charge is -2.14. The Balaban J connectivity index is 2.54. The highest BCUT2D eigenvalue weighted by atomic mass is 35.5. The minimum Gasteiger partial charge on any atom is -0.481 e. The quantitative estimate of drug-likeness (QED) is 0.793. The molecular formula is C17H14ClF2NO2. The Labute approximate surface area is 137 Å². The van der Waals surface area contributed by atoms with Crippen molar-refractivity contribution in [3.05, 3.63) is 51.3 Å². The smallest absolute Gasteiger partial charge is 0.269 e. The van der Waals surface area contributed by atoms with Gasteiger partial charge in [0.2, 0.25) is 0 Å². The molecule has 0 spiro atoms. The van der Waals surface area contributed by atoms with Crippen LogP contribution in [0.25, 0.3) is 11.3 Å². The van der Waals surface area contributed by atoms with Crippen LogP contribution < -0.4 is 10.3 Å². The number of halogens is 3. The monoisotopic (exact) mass is 337 g/mol. The molecule has 0 amide bonds. The molecule has 120 valence electrons. The lowest BCUT2D eigenvalue weighted by molar-refractivity contribution is 0.365. The van der Waals surface area contributed by atoms with Crippen LogP contribution in [0.5, 0.6) is 5.75 Å². The summed E-state index contributed by atoms with van der Waals surface area (Å²) in [5.74, 6) is 3.64. The molecule has 0 saturated carbocycles. The first-order valence-corrected chi connectivity index (χ1v) is 7.28. The predicted octanol–water partition coefficient (Wildman–Crippen LogP) is 3.87. The maximum Gasteiger partial charge on any atom is 0.269 e. The molecule has 0 aliphatic carbocycles. The minimum absolute atomic E-state index is 0.00508. The Hall–Kier alpha value is -2.32. The van der Waals surface area contributed by atoms with E-state index in [1.165, 1.54) is 16.7 Å². The van der Waals surface area contributed by atoms with Crippen LogP contribution in [0.1, 0.15) is 13.8 Å². The molecular weight excluding hydrogens is 324 g/mol. The summed E-state index contributed by atoms with van der Waals surface area (Å²) in [7, 11) is 0. The summed E-state index contributed by atoms with van der Waals surface area (Å²) in [5.41, 5.74) is -0.671. The van der Waals surface area contributed by atoms with Gasteiger partial charge in [-0.05, 0) is 26.0 Å². The van der Waals surface area contributed by atoms with Crippen molar-refractivity contribution in [3.8, 4) is 28.8 Å². The Morgan fingerprint density at radius 2 is 1.91 bits per heavy atom. The van der Waals surface area contributed by atoms with Gasteiger partial charge < -0.3 is 9.30 Å². The standard InChI is InChI=1S/C17H14ClF2NO2/c1-3-5-8-23-11-9-13(19)16(14(20)10-11)15-7-6-12(18)17(22)21(15)4-2/h6-7,9-10H,4,8H2,1-2H3. The largest absolute Gasteiger partial charge is 0.481 e. The Bertz CT molecular complexity index is 827. The summed E-state index contributed by atoms with van der Waals surface area (Å²) in [6, 6.07) is 4.87. The van der Waals surface area contributed by atoms with E-state index in [1.54, 1.807) is 13.8 Å². The topological polar surface area (TPSA) is 31.2 Å². The van der Waals surface area contributed by atoms with Gasteiger partial charge in [0.25, 0.3) is 5.56 Å². The van der Waals surface area contributed by atoms with Gasteiger partial charge in [0.05, 0.1) is 11.3 Å². The summed E-state index contributed by atoms with van der Waals surface area (Å²) >= 11 is 5.77. The first-order chi connectivity index (χ1) is 11.0. The molecule has 0 fully saturated rings. The van der Waals surface area contributed by atoms with Gasteiger partial charge in [-0.25, -0.2) is 8.78 Å². The van der Waals surface area contributed by atoms with Gasteiger partial charge >= 0.3 is 0 Å². The molecule has 0 atom stereocenters. The van der Waals surface area contributed by atoms with E-state index in [-0.39, 0.29) is 35.2 Å². The Kier molecular flexibility index (Phi) is 5.41. The summed E-state index contributed by atoms with van der Waals surface area (Å²) < 4.78 is 35.1. The zero-order valence-corrected chi connectivity index (χ0v) is 13.4. The van der Waals surface area contributed by atoms with E-state index in [4.69, 9.17) is 16.3 Å². The molecule has 0 N–H and O–H groups in total. The van der Waals surface area contributed by atoms with Crippen molar-refractivity contribution < 1.29 is 13.5 Å². The molecule has 1 aromatic carbocycles. The molecule has 0 aliphatic rings. The van der Waals surface area contributed by atoms with Crippen LogP contribution in [0.4, 0.5) is 8.78 Å². The van der Waals surface area contributed by atoms with Crippen LogP contribution in [0, 0.1) is 23.5 Å². The zero-order valence-electron chi connectivity index (χ0n) is 12.6. The molecule has 23 heavy (non-hydrogen) atoms. The first kappa shape index (κ1) is 17.0. The molecule has 0 saturated heterocycles. The lowest BCUT2D eigenvalue weighted by atomic mass is 10.1. The van der Waals surface area contributed by atoms with Crippen molar-refractivity contribution in [3.63, 3.8) is 0 Å². The van der Waals surface area contributed by atoms with Crippen LogP contribution in [-0.2, 0) is 6.54 Å². The third kappa shape index (κ3) is 3.54. The normalized spacial score (nSPS) is 10.1. The van der Waals surface area contributed by atoms with E-state index < -0.39 is 17.2 Å². The average molecular weight is 338 g/mol. The maximum atomic E-state index is 14.4. The average Bonchev–Trinajstić information content (AvgIpc) is 2.50. The van der Waals surface area contributed by atoms with Crippen LogP contribution in [0.2, 0.25) is 5.02 Å². The Morgan fingerprint density at radius 1 is 1.26 bits per heavy atom. The predicted molar refractivity (Wildman–Crippen MR) is 85.7 cm³/mol. The van der Waals surface area contributed by atoms with Gasteiger partial charge in [-0.3, -0.25) is 4.79 Å². The highest BCUT2D eigenvalue weighted by molar-refractivity contribution is 6.30. The fraction of sp³-hybridized carbons (Fsp3) is 0.235. The summed E-state index contributed by atoms with van der Waals surface area (Å²) in [5, 5.41) is -0.00508. The molecule has 3 nitrogen and oxygen atoms in total. The molecule has 2 aromatic rings. The zero-order chi connectivity index (χ0) is 17.0. The summed E-state index contributed by atoms with van der Waals surface area (Å²) in [6.07, 6.45) is 0. The number of rotatable bonds is 4. The second-order valence-electron chi connectivity index (χ2n) is 4.59. The van der Waals surface area contributed by atoms with E-state index in [1.807, 2.05) is 0 Å². The summed E-state index contributed by atoms with van der Waals surface area (Å²) in [4.78, 5) is 12.0. The number of hydrogen-bond donors (Lipinski definition) is 0. The second kappa shape index (κ2) is 7.30. The number of nitrogens with zero attached hydrogens (tertiary/aromatic N) is 1. The SMILES string of the molecule is CC#CCOc1cc(F)c(-c2ccc(Cl)c(=O)n2CC)c(F)c1. The molecule has 6 heteroatoms. The third-order valence-electron chi connectivity index (χ3n) is 3.20. The van der Waals surface area contributed by atoms with Crippen molar-refractivity contribution in [2.24, 2.45) is 0 Å². The second-order valence-corrected chi connectivity index (χ2v) is 5.00. The highest BCUT2D eigenvalue weighted by Gasteiger charge is 2.18. The third-order valence-corrected chi connectivity index (χ3v) is 3.49. The van der Waals surface area contributed by atoms with Crippen LogP contribution in [-0.4, -0.2) is 11.2 Å². The van der Waals surface area contributed by atoms with Crippen molar-refractivity contribution in [2.75, 3.05) is 6.61 Å². The molecule has 1 aromatic heterocycles. The van der Waals surface area contributed by atoms with Crippen LogP contribution >= 0.6 is 11.6 Å². The molecule has 2 rings (SSSR count). The highest BCUT2D eigenvalue weighted by Crippen LogP contribution is 2.29. The number of ether oxygens (including phenoxy) is 1. The maximum absolute atomic E-state index is 14.4. The number of pyridine rings is 1. The minimum atomic E-state index is -0.826. The first-order valence-electron chi connectivity index (χ1n) is 6.90. The molecule has 0 bridgehead atoms. The lowest BCUT2D eigenvalue weighted by Crippen LogP contribution is -2.21. The number of benzene rings is 1. The van der Waals surface area contributed by atoms with Gasteiger partial charge in [0, 0.05) is 18.7 Å². The van der Waals surface area contributed by atoms with E-state index in [9.17, 15) is 13.6 Å². The Morgan fingerprint density at radius 3 is 2.48 bits per heavy atom. The molecule has 0 radical (unpaired) electrons. The van der Waals surface area contributed by atoms with Crippen molar-refractivity contribution in [2.45, 2.75) is 20.4 Å². The fourth-order valence-electron chi connectivity index (χ4n) is 2.15. The van der Waals surface area contributed by atoms with Gasteiger partial charge in [-0.15, -0.1) is 5.92 Å². The van der Waals surface area contributed by atoms with Crippen molar-refractivity contribution >= 4 is 11.6 Å². The van der Waals surface area contributed by atoms with E-state index in [2.05, 4.69) is 11.8 Å². The van der Waals surface area contributed by atoms with Crippen molar-refractivity contribution in [1.29, 1.82) is 0 Å². The van der Waals surface area contributed by atoms with Gasteiger partial charge in [-0.1, -0.05) is 17.5 Å². The number of aromatic nitrogens is 1.